The first-order valence-electron chi connectivity index (χ1n) is 13.4. The second-order valence-electron chi connectivity index (χ2n) is 10.8. The quantitative estimate of drug-likeness (QED) is 0.506. The monoisotopic (exact) mass is 497 g/mol. The molecule has 8 nitrogen and oxygen atoms in total. The molecule has 0 radical (unpaired) electrons. The molecule has 2 fully saturated rings. The summed E-state index contributed by atoms with van der Waals surface area (Å²) in [6.07, 6.45) is 7.17. The van der Waals surface area contributed by atoms with Crippen molar-refractivity contribution in [2.45, 2.75) is 96.2 Å². The second kappa shape index (κ2) is 11.6. The molecule has 36 heavy (non-hydrogen) atoms. The van der Waals surface area contributed by atoms with Gasteiger partial charge < -0.3 is 29.6 Å². The Labute approximate surface area is 215 Å². The molecule has 8 heteroatoms. The summed E-state index contributed by atoms with van der Waals surface area (Å²) < 4.78 is 13.4. The Balaban J connectivity index is 1.72. The van der Waals surface area contributed by atoms with Gasteiger partial charge in [0.05, 0.1) is 18.2 Å². The van der Waals surface area contributed by atoms with Gasteiger partial charge in [0, 0.05) is 45.1 Å². The molecule has 2 aliphatic rings. The van der Waals surface area contributed by atoms with Crippen LogP contribution in [-0.4, -0.2) is 54.6 Å². The summed E-state index contributed by atoms with van der Waals surface area (Å²) in [6.45, 7) is 9.12. The number of pyridine rings is 2. The van der Waals surface area contributed by atoms with Gasteiger partial charge in [-0.2, -0.15) is 0 Å². The molecule has 2 aromatic heterocycles. The van der Waals surface area contributed by atoms with Gasteiger partial charge >= 0.3 is 0 Å². The molecule has 2 N–H and O–H groups in total. The van der Waals surface area contributed by atoms with Crippen molar-refractivity contribution in [2.75, 3.05) is 36.3 Å². The number of hydrogen-bond acceptors (Lipinski definition) is 7. The second-order valence-corrected chi connectivity index (χ2v) is 10.8. The third-order valence-corrected chi connectivity index (χ3v) is 7.32. The SMILES string of the molecule is CO[C@H]1CC(c2cc(NC(C)C)c(=O)n([C@H]3CC[C@H](OC)CC3)c2)N(c2cccc(NC(C)C)n2)C1. The van der Waals surface area contributed by atoms with Gasteiger partial charge in [-0.3, -0.25) is 4.79 Å². The van der Waals surface area contributed by atoms with E-state index in [2.05, 4.69) is 55.5 Å². The first kappa shape index (κ1) is 26.5. The molecule has 3 heterocycles. The first-order chi connectivity index (χ1) is 17.3. The van der Waals surface area contributed by atoms with Gasteiger partial charge in [0.25, 0.3) is 5.56 Å². The van der Waals surface area contributed by atoms with Crippen molar-refractivity contribution >= 4 is 17.3 Å². The Morgan fingerprint density at radius 2 is 1.67 bits per heavy atom. The average molecular weight is 498 g/mol. The van der Waals surface area contributed by atoms with E-state index < -0.39 is 0 Å². The van der Waals surface area contributed by atoms with Gasteiger partial charge in [-0.25, -0.2) is 4.98 Å². The zero-order valence-corrected chi connectivity index (χ0v) is 22.7. The van der Waals surface area contributed by atoms with Gasteiger partial charge in [-0.1, -0.05) is 6.07 Å². The summed E-state index contributed by atoms with van der Waals surface area (Å²) >= 11 is 0. The lowest BCUT2D eigenvalue weighted by Gasteiger charge is -2.31. The molecule has 198 valence electrons. The summed E-state index contributed by atoms with van der Waals surface area (Å²) in [5.74, 6) is 1.78. The van der Waals surface area contributed by atoms with Crippen LogP contribution in [-0.2, 0) is 9.47 Å². The number of aromatic nitrogens is 2. The van der Waals surface area contributed by atoms with Crippen molar-refractivity contribution in [2.24, 2.45) is 0 Å². The molecule has 2 atom stereocenters. The summed E-state index contributed by atoms with van der Waals surface area (Å²) in [5.41, 5.74) is 1.85. The van der Waals surface area contributed by atoms with E-state index in [0.29, 0.717) is 17.8 Å². The van der Waals surface area contributed by atoms with Crippen molar-refractivity contribution in [3.05, 3.63) is 46.4 Å². The number of anilines is 3. The Morgan fingerprint density at radius 1 is 0.972 bits per heavy atom. The van der Waals surface area contributed by atoms with Gasteiger partial charge in [0.15, 0.2) is 0 Å². The van der Waals surface area contributed by atoms with Crippen LogP contribution >= 0.6 is 0 Å². The topological polar surface area (TPSA) is 80.6 Å². The fourth-order valence-corrected chi connectivity index (χ4v) is 5.55. The van der Waals surface area contributed by atoms with E-state index in [4.69, 9.17) is 14.5 Å². The molecular formula is C28H43N5O3. The van der Waals surface area contributed by atoms with Crippen LogP contribution in [0.4, 0.5) is 17.3 Å². The van der Waals surface area contributed by atoms with Crippen LogP contribution < -0.4 is 21.1 Å². The minimum Gasteiger partial charge on any atom is -0.381 e. The van der Waals surface area contributed by atoms with Crippen molar-refractivity contribution in [3.8, 4) is 0 Å². The van der Waals surface area contributed by atoms with Gasteiger partial charge in [0.1, 0.15) is 17.3 Å². The maximum absolute atomic E-state index is 13.6. The van der Waals surface area contributed by atoms with Crippen molar-refractivity contribution < 1.29 is 9.47 Å². The van der Waals surface area contributed by atoms with Crippen molar-refractivity contribution in [3.63, 3.8) is 0 Å². The maximum atomic E-state index is 13.6. The molecule has 0 aromatic carbocycles. The lowest BCUT2D eigenvalue weighted by atomic mass is 9.92. The highest BCUT2D eigenvalue weighted by molar-refractivity contribution is 5.52. The van der Waals surface area contributed by atoms with Crippen LogP contribution in [0.3, 0.4) is 0 Å². The number of methoxy groups -OCH3 is 2. The minimum atomic E-state index is 0.0578. The molecule has 2 aromatic rings. The highest BCUT2D eigenvalue weighted by Crippen LogP contribution is 2.38. The van der Waals surface area contributed by atoms with Crippen LogP contribution in [0.5, 0.6) is 0 Å². The lowest BCUT2D eigenvalue weighted by molar-refractivity contribution is 0.0580. The van der Waals surface area contributed by atoms with Gasteiger partial charge in [-0.05, 0) is 83.6 Å². The zero-order chi connectivity index (χ0) is 25.8. The predicted molar refractivity (Wildman–Crippen MR) is 146 cm³/mol. The van der Waals surface area contributed by atoms with Crippen molar-refractivity contribution in [1.82, 2.24) is 9.55 Å². The number of nitrogens with zero attached hydrogens (tertiary/aromatic N) is 3. The van der Waals surface area contributed by atoms with Crippen LogP contribution in [0.25, 0.3) is 0 Å². The number of ether oxygens (including phenoxy) is 2. The van der Waals surface area contributed by atoms with Gasteiger partial charge in [0.2, 0.25) is 0 Å². The van der Waals surface area contributed by atoms with Crippen LogP contribution in [0.15, 0.2) is 35.3 Å². The lowest BCUT2D eigenvalue weighted by Crippen LogP contribution is -2.33. The maximum Gasteiger partial charge on any atom is 0.274 e. The van der Waals surface area contributed by atoms with E-state index in [-0.39, 0.29) is 29.8 Å². The number of hydrogen-bond donors (Lipinski definition) is 2. The first-order valence-corrected chi connectivity index (χ1v) is 13.4. The van der Waals surface area contributed by atoms with Crippen LogP contribution in [0.2, 0.25) is 0 Å². The Morgan fingerprint density at radius 3 is 2.31 bits per heavy atom. The average Bonchev–Trinajstić information content (AvgIpc) is 3.30. The van der Waals surface area contributed by atoms with E-state index in [0.717, 1.165) is 55.8 Å². The minimum absolute atomic E-state index is 0.0578. The van der Waals surface area contributed by atoms with E-state index in [1.807, 2.05) is 22.8 Å². The summed E-state index contributed by atoms with van der Waals surface area (Å²) in [5, 5.41) is 6.83. The largest absolute Gasteiger partial charge is 0.381 e. The zero-order valence-electron chi connectivity index (χ0n) is 22.7. The summed E-state index contributed by atoms with van der Waals surface area (Å²) in [4.78, 5) is 20.8. The molecule has 1 unspecified atom stereocenters. The Bertz CT molecular complexity index is 1060. The summed E-state index contributed by atoms with van der Waals surface area (Å²) in [6, 6.07) is 8.87. The van der Waals surface area contributed by atoms with E-state index in [1.165, 1.54) is 0 Å². The van der Waals surface area contributed by atoms with E-state index in [1.54, 1.807) is 14.2 Å². The highest BCUT2D eigenvalue weighted by Gasteiger charge is 2.35. The predicted octanol–water partition coefficient (Wildman–Crippen LogP) is 4.98. The Hall–Kier alpha value is -2.58. The normalized spacial score (nSPS) is 24.5. The molecule has 4 rings (SSSR count). The molecule has 0 bridgehead atoms. The van der Waals surface area contributed by atoms with Crippen molar-refractivity contribution in [1.29, 1.82) is 0 Å². The molecule has 0 amide bonds. The summed E-state index contributed by atoms with van der Waals surface area (Å²) in [7, 11) is 3.55. The smallest absolute Gasteiger partial charge is 0.274 e. The third kappa shape index (κ3) is 6.03. The van der Waals surface area contributed by atoms with Crippen LogP contribution in [0.1, 0.15) is 77.4 Å². The fraction of sp³-hybridized carbons (Fsp3) is 0.643. The molecule has 1 saturated heterocycles. The standard InChI is InChI=1S/C28H43N5O3/c1-18(2)29-24-14-20(16-32(28(24)34)21-10-12-22(35-5)13-11-21)25-15-23(36-6)17-33(25)27-9-7-8-26(31-27)30-19(3)4/h7-9,14,16,18-19,21-23,25,29H,10-13,15,17H2,1-6H3,(H,30,31)/t21-,22-,23-,25?/m0/s1. The molecule has 0 spiro atoms. The highest BCUT2D eigenvalue weighted by atomic mass is 16.5. The van der Waals surface area contributed by atoms with Crippen LogP contribution in [0, 0.1) is 0 Å². The molecule has 1 aliphatic heterocycles. The third-order valence-electron chi connectivity index (χ3n) is 7.32. The number of rotatable bonds is 9. The molecule has 1 saturated carbocycles. The Kier molecular flexibility index (Phi) is 8.57. The fourth-order valence-electron chi connectivity index (χ4n) is 5.55. The number of nitrogens with one attached hydrogen (secondary N) is 2. The van der Waals surface area contributed by atoms with E-state index in [9.17, 15) is 4.79 Å². The molecule has 1 aliphatic carbocycles. The van der Waals surface area contributed by atoms with Gasteiger partial charge in [-0.15, -0.1) is 0 Å². The molecular weight excluding hydrogens is 454 g/mol. The van der Waals surface area contributed by atoms with E-state index >= 15 is 0 Å².